The van der Waals surface area contributed by atoms with Gasteiger partial charge >= 0.3 is 0 Å². The van der Waals surface area contributed by atoms with Crippen molar-refractivity contribution in [2.24, 2.45) is 0 Å². The predicted octanol–water partition coefficient (Wildman–Crippen LogP) is 2.73. The molecule has 1 heterocycles. The average Bonchev–Trinajstić information content (AvgIpc) is 2.92. The quantitative estimate of drug-likeness (QED) is 0.740. The van der Waals surface area contributed by atoms with Crippen LogP contribution < -0.4 is 0 Å². The van der Waals surface area contributed by atoms with Gasteiger partial charge in [-0.05, 0) is 30.4 Å². The fraction of sp³-hybridized carbons (Fsp3) is 0.538. The van der Waals surface area contributed by atoms with Crippen molar-refractivity contribution >= 4 is 37.7 Å². The fourth-order valence-corrected chi connectivity index (χ4v) is 5.58. The summed E-state index contributed by atoms with van der Waals surface area (Å²) in [6.07, 6.45) is 0.783. The molecule has 0 aromatic heterocycles. The molecule has 0 spiro atoms. The van der Waals surface area contributed by atoms with E-state index in [9.17, 15) is 12.8 Å². The molecule has 1 aromatic carbocycles. The van der Waals surface area contributed by atoms with Gasteiger partial charge in [0, 0.05) is 29.9 Å². The molecule has 21 heavy (non-hydrogen) atoms. The first-order valence-electron chi connectivity index (χ1n) is 6.50. The number of nitrogens with zero attached hydrogens (tertiary/aromatic N) is 1. The van der Waals surface area contributed by atoms with Crippen LogP contribution in [0.2, 0.25) is 0 Å². The summed E-state index contributed by atoms with van der Waals surface area (Å²) in [5.74, 6) is 0.922. The summed E-state index contributed by atoms with van der Waals surface area (Å²) in [5.41, 5.74) is 0. The fourth-order valence-electron chi connectivity index (χ4n) is 2.24. The molecule has 1 aliphatic rings. The molecule has 2 rings (SSSR count). The molecule has 0 radical (unpaired) electrons. The maximum Gasteiger partial charge on any atom is 0.246 e. The molecule has 4 nitrogen and oxygen atoms in total. The van der Waals surface area contributed by atoms with Crippen molar-refractivity contribution < 1.29 is 17.5 Å². The van der Waals surface area contributed by atoms with Crippen molar-refractivity contribution in [2.75, 3.05) is 31.8 Å². The van der Waals surface area contributed by atoms with E-state index in [1.165, 1.54) is 29.6 Å². The first-order valence-corrected chi connectivity index (χ1v) is 9.89. The summed E-state index contributed by atoms with van der Waals surface area (Å²) in [6.45, 7) is 0.526. The van der Waals surface area contributed by atoms with E-state index < -0.39 is 15.8 Å². The predicted molar refractivity (Wildman–Crippen MR) is 85.6 cm³/mol. The lowest BCUT2D eigenvalue weighted by atomic mass is 10.3. The molecule has 0 bridgehead atoms. The molecule has 1 fully saturated rings. The summed E-state index contributed by atoms with van der Waals surface area (Å²) in [7, 11) is -2.34. The minimum atomic E-state index is -3.86. The summed E-state index contributed by atoms with van der Waals surface area (Å²) >= 11 is 4.85. The van der Waals surface area contributed by atoms with E-state index in [1.54, 1.807) is 11.8 Å². The van der Waals surface area contributed by atoms with E-state index in [-0.39, 0.29) is 17.5 Å². The molecule has 1 aromatic rings. The van der Waals surface area contributed by atoms with Crippen molar-refractivity contribution in [3.63, 3.8) is 0 Å². The van der Waals surface area contributed by atoms with Gasteiger partial charge < -0.3 is 4.74 Å². The maximum absolute atomic E-state index is 14.0. The van der Waals surface area contributed by atoms with E-state index in [1.807, 2.05) is 0 Å². The standard InChI is InChI=1S/C13H17BrFNO3S2/c1-19-6-5-16(11-4-7-20-9-11)21(17,18)13-3-2-10(14)8-12(13)15/h2-3,8,11H,4-7,9H2,1H3. The van der Waals surface area contributed by atoms with Crippen LogP contribution >= 0.6 is 27.7 Å². The number of sulfonamides is 1. The van der Waals surface area contributed by atoms with Crippen molar-refractivity contribution in [3.05, 3.63) is 28.5 Å². The number of methoxy groups -OCH3 is 1. The highest BCUT2D eigenvalue weighted by molar-refractivity contribution is 9.10. The lowest BCUT2D eigenvalue weighted by molar-refractivity contribution is 0.169. The van der Waals surface area contributed by atoms with Crippen LogP contribution in [0.5, 0.6) is 0 Å². The Balaban J connectivity index is 2.35. The van der Waals surface area contributed by atoms with Crippen LogP contribution in [-0.4, -0.2) is 50.5 Å². The molecule has 118 valence electrons. The number of rotatable bonds is 6. The Labute approximate surface area is 137 Å². The van der Waals surface area contributed by atoms with Crippen molar-refractivity contribution in [1.29, 1.82) is 0 Å². The van der Waals surface area contributed by atoms with Gasteiger partial charge in [-0.15, -0.1) is 0 Å². The van der Waals surface area contributed by atoms with Crippen LogP contribution in [0.25, 0.3) is 0 Å². The molecular weight excluding hydrogens is 381 g/mol. The molecule has 1 aliphatic heterocycles. The third-order valence-corrected chi connectivity index (χ3v) is 6.93. The van der Waals surface area contributed by atoms with Gasteiger partial charge in [-0.2, -0.15) is 16.1 Å². The van der Waals surface area contributed by atoms with Crippen LogP contribution in [0.1, 0.15) is 6.42 Å². The lowest BCUT2D eigenvalue weighted by Gasteiger charge is -2.27. The maximum atomic E-state index is 14.0. The van der Waals surface area contributed by atoms with Crippen LogP contribution in [-0.2, 0) is 14.8 Å². The average molecular weight is 398 g/mol. The van der Waals surface area contributed by atoms with Gasteiger partial charge in [-0.3, -0.25) is 0 Å². The summed E-state index contributed by atoms with van der Waals surface area (Å²) < 4.78 is 46.5. The van der Waals surface area contributed by atoms with Gasteiger partial charge in [0.2, 0.25) is 10.0 Å². The molecule has 1 unspecified atom stereocenters. The second-order valence-electron chi connectivity index (χ2n) is 4.70. The number of ether oxygens (including phenoxy) is 1. The van der Waals surface area contributed by atoms with Gasteiger partial charge in [0.25, 0.3) is 0 Å². The highest BCUT2D eigenvalue weighted by Crippen LogP contribution is 2.29. The Kier molecular flexibility index (Phi) is 6.07. The monoisotopic (exact) mass is 397 g/mol. The normalized spacial score (nSPS) is 19.3. The Hall–Kier alpha value is -0.150. The molecular formula is C13H17BrFNO3S2. The first-order chi connectivity index (χ1) is 9.96. The van der Waals surface area contributed by atoms with Crippen LogP contribution in [0.4, 0.5) is 4.39 Å². The molecule has 8 heteroatoms. The van der Waals surface area contributed by atoms with E-state index in [0.29, 0.717) is 11.1 Å². The highest BCUT2D eigenvalue weighted by Gasteiger charge is 2.34. The SMILES string of the molecule is COCCN(C1CCSC1)S(=O)(=O)c1ccc(Br)cc1F. The van der Waals surface area contributed by atoms with Gasteiger partial charge in [-0.25, -0.2) is 12.8 Å². The summed E-state index contributed by atoms with van der Waals surface area (Å²) in [4.78, 5) is -0.279. The van der Waals surface area contributed by atoms with Crippen LogP contribution in [0.15, 0.2) is 27.6 Å². The molecule has 1 saturated heterocycles. The second-order valence-corrected chi connectivity index (χ2v) is 8.63. The number of hydrogen-bond donors (Lipinski definition) is 0. The highest BCUT2D eigenvalue weighted by atomic mass is 79.9. The zero-order chi connectivity index (χ0) is 15.5. The molecule has 0 saturated carbocycles. The topological polar surface area (TPSA) is 46.6 Å². The lowest BCUT2D eigenvalue weighted by Crippen LogP contribution is -2.42. The van der Waals surface area contributed by atoms with E-state index in [0.717, 1.165) is 17.9 Å². The molecule has 0 N–H and O–H groups in total. The van der Waals surface area contributed by atoms with Gasteiger partial charge in [-0.1, -0.05) is 15.9 Å². The zero-order valence-corrected chi connectivity index (χ0v) is 14.8. The van der Waals surface area contributed by atoms with Gasteiger partial charge in [0.15, 0.2) is 0 Å². The number of thioether (sulfide) groups is 1. The number of benzene rings is 1. The largest absolute Gasteiger partial charge is 0.383 e. The minimum Gasteiger partial charge on any atom is -0.383 e. The van der Waals surface area contributed by atoms with E-state index in [2.05, 4.69) is 15.9 Å². The molecule has 0 amide bonds. The van der Waals surface area contributed by atoms with Crippen LogP contribution in [0, 0.1) is 5.82 Å². The first kappa shape index (κ1) is 17.2. The van der Waals surface area contributed by atoms with Crippen LogP contribution in [0.3, 0.4) is 0 Å². The Morgan fingerprint density at radius 1 is 1.52 bits per heavy atom. The van der Waals surface area contributed by atoms with Crippen molar-refractivity contribution in [3.8, 4) is 0 Å². The number of halogens is 2. The molecule has 1 atom stereocenters. The third kappa shape index (κ3) is 3.98. The zero-order valence-electron chi connectivity index (χ0n) is 11.6. The summed E-state index contributed by atoms with van der Waals surface area (Å²) in [6, 6.07) is 3.91. The third-order valence-electron chi connectivity index (χ3n) is 3.31. The Bertz CT molecular complexity index is 591. The smallest absolute Gasteiger partial charge is 0.246 e. The van der Waals surface area contributed by atoms with E-state index >= 15 is 0 Å². The van der Waals surface area contributed by atoms with Crippen molar-refractivity contribution in [2.45, 2.75) is 17.4 Å². The van der Waals surface area contributed by atoms with E-state index in [4.69, 9.17) is 4.74 Å². The molecule has 0 aliphatic carbocycles. The minimum absolute atomic E-state index is 0.0989. The van der Waals surface area contributed by atoms with Crippen molar-refractivity contribution in [1.82, 2.24) is 4.31 Å². The Morgan fingerprint density at radius 2 is 2.29 bits per heavy atom. The van der Waals surface area contributed by atoms with Gasteiger partial charge in [0.05, 0.1) is 6.61 Å². The second kappa shape index (κ2) is 7.41. The Morgan fingerprint density at radius 3 is 2.86 bits per heavy atom. The summed E-state index contributed by atoms with van der Waals surface area (Å²) in [5, 5.41) is 0. The van der Waals surface area contributed by atoms with Gasteiger partial charge in [0.1, 0.15) is 10.7 Å². The number of hydrogen-bond acceptors (Lipinski definition) is 4.